The molecule has 2 aromatic heterocycles. The summed E-state index contributed by atoms with van der Waals surface area (Å²) in [5.41, 5.74) is 3.50. The number of halogens is 1. The zero-order chi connectivity index (χ0) is 20.4. The minimum Gasteiger partial charge on any atom is -0.494 e. The monoisotopic (exact) mass is 391 g/mol. The van der Waals surface area contributed by atoms with E-state index >= 15 is 0 Å². The third kappa shape index (κ3) is 3.73. The molecule has 0 aliphatic carbocycles. The molecule has 0 fully saturated rings. The third-order valence-corrected chi connectivity index (χ3v) is 4.34. The van der Waals surface area contributed by atoms with Gasteiger partial charge in [0.25, 0.3) is 0 Å². The Kier molecular flexibility index (Phi) is 4.82. The van der Waals surface area contributed by atoms with Gasteiger partial charge in [0, 0.05) is 36.3 Å². The Labute approximate surface area is 166 Å². The number of benzene rings is 2. The van der Waals surface area contributed by atoms with Gasteiger partial charge in [0.15, 0.2) is 23.0 Å². The van der Waals surface area contributed by atoms with Crippen molar-refractivity contribution >= 4 is 28.7 Å². The number of methoxy groups -OCH3 is 1. The molecule has 0 aliphatic rings. The number of anilines is 3. The highest BCUT2D eigenvalue weighted by molar-refractivity contribution is 5.89. The molecule has 8 heteroatoms. The molecule has 0 bridgehead atoms. The van der Waals surface area contributed by atoms with Crippen molar-refractivity contribution in [1.29, 1.82) is 0 Å². The summed E-state index contributed by atoms with van der Waals surface area (Å²) in [5, 5.41) is 5.94. The number of hydrogen-bond donors (Lipinski definition) is 2. The van der Waals surface area contributed by atoms with Crippen LogP contribution in [0.1, 0.15) is 6.92 Å². The van der Waals surface area contributed by atoms with E-state index in [2.05, 4.69) is 20.6 Å². The lowest BCUT2D eigenvalue weighted by atomic mass is 10.1. The number of ether oxygens (including phenoxy) is 1. The molecule has 0 saturated heterocycles. The quantitative estimate of drug-likeness (QED) is 0.532. The fourth-order valence-corrected chi connectivity index (χ4v) is 3.02. The highest BCUT2D eigenvalue weighted by Crippen LogP contribution is 2.28. The standard InChI is InChI=1S/C21H18FN5O2/c1-13(28)25-15-4-6-16(7-5-15)26-20-21-24-12-18(27(21)10-9-23-20)14-3-8-19(29-2)17(22)11-14/h3-12H,1-2H3,(H,23,26)(H,25,28). The van der Waals surface area contributed by atoms with Gasteiger partial charge in [-0.2, -0.15) is 0 Å². The molecule has 0 radical (unpaired) electrons. The van der Waals surface area contributed by atoms with Crippen LogP contribution in [-0.2, 0) is 4.79 Å². The first-order valence-electron chi connectivity index (χ1n) is 8.86. The van der Waals surface area contributed by atoms with Crippen molar-refractivity contribution in [2.45, 2.75) is 6.92 Å². The van der Waals surface area contributed by atoms with Crippen molar-refractivity contribution in [3.05, 3.63) is 66.9 Å². The summed E-state index contributed by atoms with van der Waals surface area (Å²) in [5.74, 6) is 0.179. The van der Waals surface area contributed by atoms with Gasteiger partial charge in [-0.05, 0) is 42.5 Å². The number of nitrogens with one attached hydrogen (secondary N) is 2. The van der Waals surface area contributed by atoms with E-state index in [9.17, 15) is 9.18 Å². The molecule has 0 atom stereocenters. The predicted octanol–water partition coefficient (Wildman–Crippen LogP) is 4.25. The Morgan fingerprint density at radius 1 is 1.10 bits per heavy atom. The first-order valence-corrected chi connectivity index (χ1v) is 8.86. The molecule has 7 nitrogen and oxygen atoms in total. The van der Waals surface area contributed by atoms with Crippen LogP contribution in [0.3, 0.4) is 0 Å². The van der Waals surface area contributed by atoms with Gasteiger partial charge in [-0.15, -0.1) is 0 Å². The molecular weight excluding hydrogens is 373 g/mol. The van der Waals surface area contributed by atoms with Gasteiger partial charge in [-0.3, -0.25) is 9.20 Å². The lowest BCUT2D eigenvalue weighted by molar-refractivity contribution is -0.114. The molecule has 4 rings (SSSR count). The molecular formula is C21H18FN5O2. The zero-order valence-corrected chi connectivity index (χ0v) is 15.8. The van der Waals surface area contributed by atoms with E-state index in [1.165, 1.54) is 20.1 Å². The van der Waals surface area contributed by atoms with Crippen molar-refractivity contribution in [3.63, 3.8) is 0 Å². The second kappa shape index (κ2) is 7.59. The number of aromatic nitrogens is 3. The van der Waals surface area contributed by atoms with Gasteiger partial charge in [0.05, 0.1) is 19.0 Å². The first-order chi connectivity index (χ1) is 14.0. The van der Waals surface area contributed by atoms with E-state index in [1.54, 1.807) is 42.9 Å². The van der Waals surface area contributed by atoms with E-state index in [4.69, 9.17) is 4.74 Å². The summed E-state index contributed by atoms with van der Waals surface area (Å²) in [6.45, 7) is 1.46. The normalized spacial score (nSPS) is 10.7. The van der Waals surface area contributed by atoms with Crippen LogP contribution in [-0.4, -0.2) is 27.4 Å². The molecule has 0 spiro atoms. The molecule has 29 heavy (non-hydrogen) atoms. The van der Waals surface area contributed by atoms with Gasteiger partial charge in [0.1, 0.15) is 0 Å². The number of nitrogens with zero attached hydrogens (tertiary/aromatic N) is 3. The van der Waals surface area contributed by atoms with E-state index in [-0.39, 0.29) is 11.7 Å². The van der Waals surface area contributed by atoms with Crippen molar-refractivity contribution in [3.8, 4) is 17.0 Å². The summed E-state index contributed by atoms with van der Waals surface area (Å²) in [6, 6.07) is 12.0. The average Bonchev–Trinajstić information content (AvgIpc) is 3.14. The smallest absolute Gasteiger partial charge is 0.221 e. The minimum absolute atomic E-state index is 0.128. The summed E-state index contributed by atoms with van der Waals surface area (Å²) < 4.78 is 20.9. The van der Waals surface area contributed by atoms with Crippen LogP contribution < -0.4 is 15.4 Å². The highest BCUT2D eigenvalue weighted by atomic mass is 19.1. The van der Waals surface area contributed by atoms with Crippen LogP contribution in [0.2, 0.25) is 0 Å². The minimum atomic E-state index is -0.438. The van der Waals surface area contributed by atoms with Gasteiger partial charge in [-0.25, -0.2) is 14.4 Å². The van der Waals surface area contributed by atoms with E-state index < -0.39 is 5.82 Å². The number of fused-ring (bicyclic) bond motifs is 1. The Bertz CT molecular complexity index is 1190. The van der Waals surface area contributed by atoms with E-state index in [0.29, 0.717) is 22.7 Å². The first kappa shape index (κ1) is 18.4. The Hall–Kier alpha value is -3.94. The van der Waals surface area contributed by atoms with Crippen molar-refractivity contribution in [1.82, 2.24) is 14.4 Å². The number of imidazole rings is 1. The number of hydrogen-bond acceptors (Lipinski definition) is 5. The van der Waals surface area contributed by atoms with E-state index in [0.717, 1.165) is 11.4 Å². The lowest BCUT2D eigenvalue weighted by Gasteiger charge is -2.09. The largest absolute Gasteiger partial charge is 0.494 e. The Morgan fingerprint density at radius 2 is 1.86 bits per heavy atom. The van der Waals surface area contributed by atoms with Gasteiger partial charge < -0.3 is 15.4 Å². The van der Waals surface area contributed by atoms with Crippen molar-refractivity contribution < 1.29 is 13.9 Å². The lowest BCUT2D eigenvalue weighted by Crippen LogP contribution is -2.05. The number of amides is 1. The van der Waals surface area contributed by atoms with Gasteiger partial charge >= 0.3 is 0 Å². The van der Waals surface area contributed by atoms with E-state index in [1.807, 2.05) is 16.5 Å². The second-order valence-corrected chi connectivity index (χ2v) is 6.35. The SMILES string of the molecule is COc1ccc(-c2cnc3c(Nc4ccc(NC(C)=O)cc4)nccn23)cc1F. The average molecular weight is 391 g/mol. The summed E-state index contributed by atoms with van der Waals surface area (Å²) >= 11 is 0. The number of rotatable bonds is 5. The zero-order valence-electron chi connectivity index (χ0n) is 15.8. The molecule has 2 heterocycles. The molecule has 146 valence electrons. The van der Waals surface area contributed by atoms with Crippen LogP contribution in [0, 0.1) is 5.82 Å². The maximum atomic E-state index is 14.1. The summed E-state index contributed by atoms with van der Waals surface area (Å²) in [7, 11) is 1.43. The van der Waals surface area contributed by atoms with Gasteiger partial charge in [-0.1, -0.05) is 0 Å². The van der Waals surface area contributed by atoms with Crippen LogP contribution >= 0.6 is 0 Å². The molecule has 2 N–H and O–H groups in total. The predicted molar refractivity (Wildman–Crippen MR) is 109 cm³/mol. The fraction of sp³-hybridized carbons (Fsp3) is 0.0952. The van der Waals surface area contributed by atoms with Crippen LogP contribution in [0.25, 0.3) is 16.9 Å². The molecule has 1 amide bonds. The second-order valence-electron chi connectivity index (χ2n) is 6.35. The van der Waals surface area contributed by atoms with Gasteiger partial charge in [0.2, 0.25) is 5.91 Å². The number of carbonyl (C=O) groups is 1. The summed E-state index contributed by atoms with van der Waals surface area (Å²) in [6.07, 6.45) is 5.08. The maximum absolute atomic E-state index is 14.1. The molecule has 0 saturated carbocycles. The van der Waals surface area contributed by atoms with Crippen molar-refractivity contribution in [2.24, 2.45) is 0 Å². The Morgan fingerprint density at radius 3 is 2.55 bits per heavy atom. The summed E-state index contributed by atoms with van der Waals surface area (Å²) in [4.78, 5) is 19.9. The van der Waals surface area contributed by atoms with Crippen LogP contribution in [0.15, 0.2) is 61.1 Å². The highest BCUT2D eigenvalue weighted by Gasteiger charge is 2.13. The molecule has 4 aromatic rings. The van der Waals surface area contributed by atoms with Crippen LogP contribution in [0.5, 0.6) is 5.75 Å². The Balaban J connectivity index is 1.65. The maximum Gasteiger partial charge on any atom is 0.221 e. The molecule has 2 aromatic carbocycles. The third-order valence-electron chi connectivity index (χ3n) is 4.34. The van der Waals surface area contributed by atoms with Crippen LogP contribution in [0.4, 0.5) is 21.6 Å². The topological polar surface area (TPSA) is 80.5 Å². The number of carbonyl (C=O) groups excluding carboxylic acids is 1. The fourth-order valence-electron chi connectivity index (χ4n) is 3.02. The molecule has 0 unspecified atom stereocenters. The molecule has 0 aliphatic heterocycles. The van der Waals surface area contributed by atoms with Crippen molar-refractivity contribution in [2.75, 3.05) is 17.7 Å².